The highest BCUT2D eigenvalue weighted by Gasteiger charge is 2.23. The van der Waals surface area contributed by atoms with Gasteiger partial charge in [0.15, 0.2) is 0 Å². The molecule has 0 saturated carbocycles. The molecule has 0 spiro atoms. The number of benzene rings is 1. The minimum Gasteiger partial charge on any atom is -0.508 e. The third kappa shape index (κ3) is 4.00. The topological polar surface area (TPSA) is 41.5 Å². The molecule has 1 heterocycles. The molecule has 2 rings (SSSR count). The Morgan fingerprint density at radius 2 is 1.78 bits per heavy atom. The first-order valence-corrected chi connectivity index (χ1v) is 6.80. The van der Waals surface area contributed by atoms with E-state index >= 15 is 0 Å². The summed E-state index contributed by atoms with van der Waals surface area (Å²) >= 11 is 0. The summed E-state index contributed by atoms with van der Waals surface area (Å²) in [5.74, 6) is 0.332. The van der Waals surface area contributed by atoms with Crippen molar-refractivity contribution in [3.8, 4) is 5.75 Å². The monoisotopic (exact) mass is 249 g/mol. The van der Waals surface area contributed by atoms with Crippen LogP contribution in [0.5, 0.6) is 5.75 Å². The highest BCUT2D eigenvalue weighted by molar-refractivity contribution is 5.25. The van der Waals surface area contributed by atoms with Crippen LogP contribution < -0.4 is 5.32 Å². The fraction of sp³-hybridized carbons (Fsp3) is 0.600. The Kier molecular flexibility index (Phi) is 4.61. The Hall–Kier alpha value is -1.06. The summed E-state index contributed by atoms with van der Waals surface area (Å²) in [5, 5.41) is 12.8. The largest absolute Gasteiger partial charge is 0.508 e. The van der Waals surface area contributed by atoms with Gasteiger partial charge in [0.25, 0.3) is 0 Å². The maximum atomic E-state index is 9.21. The summed E-state index contributed by atoms with van der Waals surface area (Å²) in [6.45, 7) is 5.27. The van der Waals surface area contributed by atoms with Gasteiger partial charge in [-0.05, 0) is 57.4 Å². The number of phenols is 1. The van der Waals surface area contributed by atoms with Crippen LogP contribution in [-0.2, 0) is 11.2 Å². The van der Waals surface area contributed by atoms with Crippen molar-refractivity contribution in [2.24, 2.45) is 0 Å². The van der Waals surface area contributed by atoms with Gasteiger partial charge in [0.05, 0.1) is 12.2 Å². The molecule has 3 heteroatoms. The van der Waals surface area contributed by atoms with Crippen molar-refractivity contribution in [1.29, 1.82) is 0 Å². The molecule has 2 N–H and O–H groups in total. The molecule has 18 heavy (non-hydrogen) atoms. The molecule has 0 radical (unpaired) electrons. The molecule has 1 saturated heterocycles. The van der Waals surface area contributed by atoms with Crippen LogP contribution in [0.4, 0.5) is 0 Å². The van der Waals surface area contributed by atoms with E-state index in [9.17, 15) is 5.11 Å². The molecule has 1 aromatic rings. The van der Waals surface area contributed by atoms with Gasteiger partial charge < -0.3 is 15.2 Å². The Morgan fingerprint density at radius 3 is 2.39 bits per heavy atom. The average molecular weight is 249 g/mol. The zero-order chi connectivity index (χ0) is 13.0. The summed E-state index contributed by atoms with van der Waals surface area (Å²) in [4.78, 5) is 0. The van der Waals surface area contributed by atoms with Crippen LogP contribution in [0.15, 0.2) is 24.3 Å². The van der Waals surface area contributed by atoms with Gasteiger partial charge in [-0.1, -0.05) is 12.1 Å². The number of ether oxygens (including phenoxy) is 1. The number of phenolic OH excluding ortho intramolecular Hbond substituents is 1. The maximum Gasteiger partial charge on any atom is 0.115 e. The van der Waals surface area contributed by atoms with Crippen LogP contribution >= 0.6 is 0 Å². The van der Waals surface area contributed by atoms with Crippen molar-refractivity contribution < 1.29 is 9.84 Å². The summed E-state index contributed by atoms with van der Waals surface area (Å²) in [6, 6.07) is 8.02. The lowest BCUT2D eigenvalue weighted by molar-refractivity contribution is -0.0419. The molecule has 100 valence electrons. The fourth-order valence-corrected chi connectivity index (χ4v) is 2.66. The fourth-order valence-electron chi connectivity index (χ4n) is 2.66. The van der Waals surface area contributed by atoms with E-state index in [4.69, 9.17) is 4.74 Å². The van der Waals surface area contributed by atoms with E-state index in [-0.39, 0.29) is 0 Å². The van der Waals surface area contributed by atoms with Crippen LogP contribution in [-0.4, -0.2) is 29.9 Å². The number of hydrogen-bond donors (Lipinski definition) is 2. The zero-order valence-corrected chi connectivity index (χ0v) is 11.2. The molecule has 2 unspecified atom stereocenters. The number of nitrogens with one attached hydrogen (secondary N) is 1. The van der Waals surface area contributed by atoms with E-state index < -0.39 is 0 Å². The van der Waals surface area contributed by atoms with Crippen molar-refractivity contribution in [2.45, 2.75) is 51.4 Å². The van der Waals surface area contributed by atoms with E-state index in [1.165, 1.54) is 5.56 Å². The molecule has 1 aliphatic rings. The van der Waals surface area contributed by atoms with E-state index in [0.717, 1.165) is 25.8 Å². The van der Waals surface area contributed by atoms with Gasteiger partial charge in [0.1, 0.15) is 5.75 Å². The van der Waals surface area contributed by atoms with Crippen LogP contribution in [0.2, 0.25) is 0 Å². The molecule has 0 amide bonds. The molecule has 1 aliphatic heterocycles. The summed E-state index contributed by atoms with van der Waals surface area (Å²) in [7, 11) is 0. The highest BCUT2D eigenvalue weighted by Crippen LogP contribution is 2.19. The summed E-state index contributed by atoms with van der Waals surface area (Å²) < 4.78 is 5.73. The molecule has 0 aromatic heterocycles. The molecule has 1 fully saturated rings. The predicted molar refractivity (Wildman–Crippen MR) is 72.8 cm³/mol. The van der Waals surface area contributed by atoms with Crippen LogP contribution in [0, 0.1) is 0 Å². The average Bonchev–Trinajstić information content (AvgIpc) is 2.30. The van der Waals surface area contributed by atoms with E-state index in [0.29, 0.717) is 24.0 Å². The Morgan fingerprint density at radius 1 is 1.17 bits per heavy atom. The van der Waals surface area contributed by atoms with Crippen molar-refractivity contribution in [1.82, 2.24) is 5.32 Å². The minimum absolute atomic E-state index is 0.332. The van der Waals surface area contributed by atoms with Crippen LogP contribution in [0.25, 0.3) is 0 Å². The van der Waals surface area contributed by atoms with Crippen molar-refractivity contribution in [3.63, 3.8) is 0 Å². The molecule has 0 bridgehead atoms. The van der Waals surface area contributed by atoms with Gasteiger partial charge >= 0.3 is 0 Å². The Balaban J connectivity index is 1.73. The molecule has 1 aromatic carbocycles. The van der Waals surface area contributed by atoms with Gasteiger partial charge in [0, 0.05) is 6.04 Å². The van der Waals surface area contributed by atoms with Gasteiger partial charge in [-0.3, -0.25) is 0 Å². The van der Waals surface area contributed by atoms with Gasteiger partial charge in [0.2, 0.25) is 0 Å². The number of rotatable bonds is 4. The number of hydrogen-bond acceptors (Lipinski definition) is 3. The lowest BCUT2D eigenvalue weighted by Crippen LogP contribution is -2.41. The summed E-state index contributed by atoms with van der Waals surface area (Å²) in [6.07, 6.45) is 3.92. The lowest BCUT2D eigenvalue weighted by Gasteiger charge is -2.32. The second kappa shape index (κ2) is 6.21. The molecule has 0 aliphatic carbocycles. The predicted octanol–water partition coefficient (Wildman–Crippen LogP) is 2.48. The normalized spacial score (nSPS) is 28.2. The SMILES string of the molecule is CC1CC(NCCc2ccc(O)cc2)CC(C)O1. The maximum absolute atomic E-state index is 9.21. The Labute approximate surface area is 109 Å². The van der Waals surface area contributed by atoms with Crippen molar-refractivity contribution >= 4 is 0 Å². The third-order valence-electron chi connectivity index (χ3n) is 3.48. The van der Waals surface area contributed by atoms with Gasteiger partial charge in [-0.15, -0.1) is 0 Å². The second-order valence-electron chi connectivity index (χ2n) is 5.30. The molecular weight excluding hydrogens is 226 g/mol. The van der Waals surface area contributed by atoms with Crippen LogP contribution in [0.1, 0.15) is 32.3 Å². The van der Waals surface area contributed by atoms with E-state index in [1.54, 1.807) is 12.1 Å². The zero-order valence-electron chi connectivity index (χ0n) is 11.2. The van der Waals surface area contributed by atoms with E-state index in [2.05, 4.69) is 19.2 Å². The molecule has 3 nitrogen and oxygen atoms in total. The molecular formula is C15H23NO2. The summed E-state index contributed by atoms with van der Waals surface area (Å²) in [5.41, 5.74) is 1.26. The van der Waals surface area contributed by atoms with Crippen molar-refractivity contribution in [2.75, 3.05) is 6.54 Å². The van der Waals surface area contributed by atoms with Crippen LogP contribution in [0.3, 0.4) is 0 Å². The quantitative estimate of drug-likeness (QED) is 0.861. The highest BCUT2D eigenvalue weighted by atomic mass is 16.5. The first-order valence-electron chi connectivity index (χ1n) is 6.80. The van der Waals surface area contributed by atoms with Crippen molar-refractivity contribution in [3.05, 3.63) is 29.8 Å². The Bertz CT molecular complexity index is 353. The third-order valence-corrected chi connectivity index (χ3v) is 3.48. The second-order valence-corrected chi connectivity index (χ2v) is 5.30. The standard InChI is InChI=1S/C15H23NO2/c1-11-9-14(10-12(2)18-11)16-8-7-13-3-5-15(17)6-4-13/h3-6,11-12,14,16-17H,7-10H2,1-2H3. The number of aromatic hydroxyl groups is 1. The van der Waals surface area contributed by atoms with Gasteiger partial charge in [-0.25, -0.2) is 0 Å². The molecule has 2 atom stereocenters. The first-order chi connectivity index (χ1) is 8.63. The first kappa shape index (κ1) is 13.4. The lowest BCUT2D eigenvalue weighted by atomic mass is 9.99. The van der Waals surface area contributed by atoms with E-state index in [1.807, 2.05) is 12.1 Å². The smallest absolute Gasteiger partial charge is 0.115 e. The minimum atomic E-state index is 0.332. The van der Waals surface area contributed by atoms with Gasteiger partial charge in [-0.2, -0.15) is 0 Å².